The Bertz CT molecular complexity index is 461. The van der Waals surface area contributed by atoms with Crippen LogP contribution in [0, 0.1) is 5.92 Å². The largest absolute Gasteiger partial charge is 0.493 e. The molecule has 1 fully saturated rings. The van der Waals surface area contributed by atoms with Gasteiger partial charge in [0.25, 0.3) is 0 Å². The molecule has 0 radical (unpaired) electrons. The number of ether oxygens (including phenoxy) is 3. The molecule has 0 amide bonds. The fourth-order valence-electron chi connectivity index (χ4n) is 2.55. The lowest BCUT2D eigenvalue weighted by molar-refractivity contribution is 0.178. The zero-order chi connectivity index (χ0) is 15.2. The van der Waals surface area contributed by atoms with Crippen molar-refractivity contribution in [2.75, 3.05) is 26.9 Å². The van der Waals surface area contributed by atoms with Gasteiger partial charge < -0.3 is 19.5 Å². The molecule has 1 aromatic carbocycles. The second kappa shape index (κ2) is 8.01. The molecule has 1 aromatic rings. The summed E-state index contributed by atoms with van der Waals surface area (Å²) in [5.74, 6) is 2.14. The third-order valence-corrected chi connectivity index (χ3v) is 4.47. The van der Waals surface area contributed by atoms with Crippen LogP contribution in [0.3, 0.4) is 0 Å². The standard InChI is InChI=1S/C16H24BrNO3/c1-4-21-16-14(17)7-12(8-15(16)19-3)9-18-11(2)13-5-6-20-10-13/h7-8,11,13,18H,4-6,9-10H2,1-3H3. The van der Waals surface area contributed by atoms with Crippen molar-refractivity contribution in [3.05, 3.63) is 22.2 Å². The summed E-state index contributed by atoms with van der Waals surface area (Å²) in [4.78, 5) is 0. The van der Waals surface area contributed by atoms with Gasteiger partial charge in [0.05, 0.1) is 24.8 Å². The summed E-state index contributed by atoms with van der Waals surface area (Å²) in [6, 6.07) is 4.56. The van der Waals surface area contributed by atoms with E-state index in [2.05, 4.69) is 34.2 Å². The molecule has 1 aliphatic rings. The van der Waals surface area contributed by atoms with Crippen LogP contribution in [-0.2, 0) is 11.3 Å². The first-order chi connectivity index (χ1) is 10.2. The molecule has 0 bridgehead atoms. The molecular weight excluding hydrogens is 334 g/mol. The van der Waals surface area contributed by atoms with Crippen molar-refractivity contribution in [2.24, 2.45) is 5.92 Å². The molecule has 2 atom stereocenters. The summed E-state index contributed by atoms with van der Waals surface area (Å²) in [5, 5.41) is 3.57. The van der Waals surface area contributed by atoms with Crippen molar-refractivity contribution in [1.29, 1.82) is 0 Å². The Morgan fingerprint density at radius 1 is 1.48 bits per heavy atom. The minimum atomic E-state index is 0.448. The summed E-state index contributed by atoms with van der Waals surface area (Å²) < 4.78 is 17.4. The Kier molecular flexibility index (Phi) is 6.33. The van der Waals surface area contributed by atoms with E-state index in [4.69, 9.17) is 14.2 Å². The van der Waals surface area contributed by atoms with Gasteiger partial charge in [0, 0.05) is 19.2 Å². The molecule has 0 saturated carbocycles. The Hall–Kier alpha value is -0.780. The van der Waals surface area contributed by atoms with E-state index in [0.29, 0.717) is 18.6 Å². The van der Waals surface area contributed by atoms with Crippen LogP contribution in [0.1, 0.15) is 25.8 Å². The first-order valence-corrected chi connectivity index (χ1v) is 8.25. The van der Waals surface area contributed by atoms with Crippen molar-refractivity contribution < 1.29 is 14.2 Å². The van der Waals surface area contributed by atoms with E-state index in [-0.39, 0.29) is 0 Å². The molecule has 1 saturated heterocycles. The average molecular weight is 358 g/mol. The smallest absolute Gasteiger partial charge is 0.175 e. The predicted octanol–water partition coefficient (Wildman–Crippen LogP) is 3.37. The lowest BCUT2D eigenvalue weighted by Crippen LogP contribution is -2.33. The maximum atomic E-state index is 5.61. The van der Waals surface area contributed by atoms with Crippen molar-refractivity contribution in [3.63, 3.8) is 0 Å². The van der Waals surface area contributed by atoms with Crippen LogP contribution >= 0.6 is 15.9 Å². The van der Waals surface area contributed by atoms with E-state index in [9.17, 15) is 0 Å². The van der Waals surface area contributed by atoms with Crippen LogP contribution in [-0.4, -0.2) is 33.0 Å². The van der Waals surface area contributed by atoms with Gasteiger partial charge in [-0.2, -0.15) is 0 Å². The molecule has 1 aliphatic heterocycles. The molecule has 5 heteroatoms. The van der Waals surface area contributed by atoms with Crippen LogP contribution in [0.4, 0.5) is 0 Å². The molecule has 118 valence electrons. The van der Waals surface area contributed by atoms with Crippen LogP contribution in [0.15, 0.2) is 16.6 Å². The highest BCUT2D eigenvalue weighted by atomic mass is 79.9. The van der Waals surface area contributed by atoms with Gasteiger partial charge in [0.15, 0.2) is 11.5 Å². The fraction of sp³-hybridized carbons (Fsp3) is 0.625. The van der Waals surface area contributed by atoms with Crippen molar-refractivity contribution >= 4 is 15.9 Å². The van der Waals surface area contributed by atoms with Crippen molar-refractivity contribution in [1.82, 2.24) is 5.32 Å². The molecule has 2 unspecified atom stereocenters. The van der Waals surface area contributed by atoms with E-state index in [1.807, 2.05) is 13.0 Å². The third-order valence-electron chi connectivity index (χ3n) is 3.88. The van der Waals surface area contributed by atoms with Crippen molar-refractivity contribution in [3.8, 4) is 11.5 Å². The SMILES string of the molecule is CCOc1c(Br)cc(CNC(C)C2CCOC2)cc1OC. The van der Waals surface area contributed by atoms with E-state index < -0.39 is 0 Å². The monoisotopic (exact) mass is 357 g/mol. The molecule has 0 aliphatic carbocycles. The minimum Gasteiger partial charge on any atom is -0.493 e. The summed E-state index contributed by atoms with van der Waals surface area (Å²) in [7, 11) is 1.67. The number of hydrogen-bond donors (Lipinski definition) is 1. The van der Waals surface area contributed by atoms with Crippen LogP contribution in [0.2, 0.25) is 0 Å². The van der Waals surface area contributed by atoms with Crippen LogP contribution < -0.4 is 14.8 Å². The van der Waals surface area contributed by atoms with Gasteiger partial charge in [-0.3, -0.25) is 0 Å². The summed E-state index contributed by atoms with van der Waals surface area (Å²) in [6.45, 7) is 7.36. The highest BCUT2D eigenvalue weighted by Gasteiger charge is 2.22. The number of hydrogen-bond acceptors (Lipinski definition) is 4. The number of nitrogens with one attached hydrogen (secondary N) is 1. The third kappa shape index (κ3) is 4.34. The lowest BCUT2D eigenvalue weighted by atomic mass is 10.0. The Morgan fingerprint density at radius 3 is 2.90 bits per heavy atom. The quantitative estimate of drug-likeness (QED) is 0.811. The van der Waals surface area contributed by atoms with E-state index in [1.165, 1.54) is 5.56 Å². The van der Waals surface area contributed by atoms with Gasteiger partial charge in [0.1, 0.15) is 0 Å². The van der Waals surface area contributed by atoms with Crippen LogP contribution in [0.5, 0.6) is 11.5 Å². The maximum absolute atomic E-state index is 5.61. The second-order valence-electron chi connectivity index (χ2n) is 5.34. The molecule has 21 heavy (non-hydrogen) atoms. The van der Waals surface area contributed by atoms with Gasteiger partial charge in [-0.15, -0.1) is 0 Å². The number of rotatable bonds is 7. The number of methoxy groups -OCH3 is 1. The van der Waals surface area contributed by atoms with E-state index in [0.717, 1.165) is 42.2 Å². The van der Waals surface area contributed by atoms with Gasteiger partial charge in [-0.25, -0.2) is 0 Å². The summed E-state index contributed by atoms with van der Waals surface area (Å²) >= 11 is 3.56. The molecule has 0 spiro atoms. The normalized spacial score (nSPS) is 19.5. The van der Waals surface area contributed by atoms with Gasteiger partial charge >= 0.3 is 0 Å². The number of halogens is 1. The topological polar surface area (TPSA) is 39.7 Å². The van der Waals surface area contributed by atoms with E-state index in [1.54, 1.807) is 7.11 Å². The maximum Gasteiger partial charge on any atom is 0.175 e. The average Bonchev–Trinajstić information content (AvgIpc) is 3.01. The van der Waals surface area contributed by atoms with Crippen LogP contribution in [0.25, 0.3) is 0 Å². The predicted molar refractivity (Wildman–Crippen MR) is 87.1 cm³/mol. The van der Waals surface area contributed by atoms with Crippen molar-refractivity contribution in [2.45, 2.75) is 32.9 Å². The Labute approximate surface area is 135 Å². The van der Waals surface area contributed by atoms with Gasteiger partial charge in [0.2, 0.25) is 0 Å². The minimum absolute atomic E-state index is 0.448. The highest BCUT2D eigenvalue weighted by Crippen LogP contribution is 2.36. The molecular formula is C16H24BrNO3. The lowest BCUT2D eigenvalue weighted by Gasteiger charge is -2.20. The second-order valence-corrected chi connectivity index (χ2v) is 6.19. The first kappa shape index (κ1) is 16.6. The Balaban J connectivity index is 2.01. The first-order valence-electron chi connectivity index (χ1n) is 7.46. The molecule has 4 nitrogen and oxygen atoms in total. The zero-order valence-corrected chi connectivity index (χ0v) is 14.5. The number of benzene rings is 1. The molecule has 1 heterocycles. The highest BCUT2D eigenvalue weighted by molar-refractivity contribution is 9.10. The Morgan fingerprint density at radius 2 is 2.29 bits per heavy atom. The zero-order valence-electron chi connectivity index (χ0n) is 12.9. The molecule has 1 N–H and O–H groups in total. The summed E-state index contributed by atoms with van der Waals surface area (Å²) in [6.07, 6.45) is 1.14. The molecule has 0 aromatic heterocycles. The van der Waals surface area contributed by atoms with E-state index >= 15 is 0 Å². The van der Waals surface area contributed by atoms with Gasteiger partial charge in [-0.1, -0.05) is 0 Å². The summed E-state index contributed by atoms with van der Waals surface area (Å²) in [5.41, 5.74) is 1.17. The molecule has 2 rings (SSSR count). The van der Waals surface area contributed by atoms with Gasteiger partial charge in [-0.05, 0) is 59.8 Å². The fourth-order valence-corrected chi connectivity index (χ4v) is 3.16.